The van der Waals surface area contributed by atoms with Crippen molar-refractivity contribution in [1.82, 2.24) is 0 Å². The molecule has 6 heteroatoms. The summed E-state index contributed by atoms with van der Waals surface area (Å²) < 4.78 is 6.15. The van der Waals surface area contributed by atoms with Gasteiger partial charge in [-0.2, -0.15) is 0 Å². The highest BCUT2D eigenvalue weighted by Crippen LogP contribution is 2.27. The Morgan fingerprint density at radius 1 is 0.903 bits per heavy atom. The lowest BCUT2D eigenvalue weighted by Crippen LogP contribution is -2.27. The van der Waals surface area contributed by atoms with Crippen molar-refractivity contribution in [2.45, 2.75) is 6.42 Å². The van der Waals surface area contributed by atoms with Gasteiger partial charge in [0.05, 0.1) is 5.92 Å². The Bertz CT molecular complexity index is 1090. The lowest BCUT2D eigenvalue weighted by atomic mass is 10.0. The van der Waals surface area contributed by atoms with E-state index in [4.69, 9.17) is 4.74 Å². The second-order valence-corrected chi connectivity index (χ2v) is 8.27. The Balaban J connectivity index is 1.33. The van der Waals surface area contributed by atoms with Gasteiger partial charge in [-0.25, -0.2) is 0 Å². The summed E-state index contributed by atoms with van der Waals surface area (Å²) in [5, 5.41) is 0. The van der Waals surface area contributed by atoms with Crippen LogP contribution in [-0.4, -0.2) is 30.8 Å². The van der Waals surface area contributed by atoms with Crippen molar-refractivity contribution in [3.05, 3.63) is 88.9 Å². The van der Waals surface area contributed by atoms with Crippen LogP contribution in [0.1, 0.15) is 16.8 Å². The fourth-order valence-corrected chi connectivity index (χ4v) is 3.82. The number of carbonyl (C=O) groups excluding carboxylic acids is 3. The molecule has 0 bridgehead atoms. The summed E-state index contributed by atoms with van der Waals surface area (Å²) in [4.78, 5) is 38.8. The second kappa shape index (κ2) is 9.27. The van der Waals surface area contributed by atoms with Crippen molar-refractivity contribution in [1.29, 1.82) is 0 Å². The summed E-state index contributed by atoms with van der Waals surface area (Å²) in [5.41, 5.74) is 3.28. The van der Waals surface area contributed by atoms with E-state index in [1.807, 2.05) is 66.7 Å². The normalized spacial score (nSPS) is 15.7. The molecule has 0 aromatic heterocycles. The van der Waals surface area contributed by atoms with Crippen molar-refractivity contribution >= 4 is 39.3 Å². The third-order valence-electron chi connectivity index (χ3n) is 5.26. The molecule has 0 spiro atoms. The average molecular weight is 478 g/mol. The number of carbonyl (C=O) groups is 3. The lowest BCUT2D eigenvalue weighted by molar-refractivity contribution is -0.147. The molecule has 1 unspecified atom stereocenters. The van der Waals surface area contributed by atoms with Gasteiger partial charge in [0.25, 0.3) is 0 Å². The van der Waals surface area contributed by atoms with Crippen LogP contribution in [0.2, 0.25) is 0 Å². The monoisotopic (exact) mass is 477 g/mol. The van der Waals surface area contributed by atoms with E-state index < -0.39 is 11.9 Å². The summed E-state index contributed by atoms with van der Waals surface area (Å²) in [5.74, 6) is -1.51. The number of ketones is 1. The Kier molecular flexibility index (Phi) is 6.28. The van der Waals surface area contributed by atoms with Crippen LogP contribution in [0.15, 0.2) is 83.3 Å². The van der Waals surface area contributed by atoms with Crippen molar-refractivity contribution in [3.63, 3.8) is 0 Å². The van der Waals surface area contributed by atoms with E-state index in [9.17, 15) is 14.4 Å². The SMILES string of the molecule is O=C(COC(=O)C1CC(=O)N(c2ccc(Br)cc2)C1)c1ccc(-c2ccccc2)cc1. The summed E-state index contributed by atoms with van der Waals surface area (Å²) in [6.07, 6.45) is 0.0782. The number of anilines is 1. The first-order valence-corrected chi connectivity index (χ1v) is 10.7. The molecular formula is C25H20BrNO4. The molecule has 4 rings (SSSR count). The fourth-order valence-electron chi connectivity index (χ4n) is 3.55. The molecule has 1 heterocycles. The van der Waals surface area contributed by atoms with Crippen molar-refractivity contribution in [2.24, 2.45) is 5.92 Å². The third kappa shape index (κ3) is 4.91. The Morgan fingerprint density at radius 3 is 2.23 bits per heavy atom. The Hall–Kier alpha value is -3.25. The molecule has 1 fully saturated rings. The van der Waals surface area contributed by atoms with Gasteiger partial charge in [0.15, 0.2) is 12.4 Å². The van der Waals surface area contributed by atoms with Crippen LogP contribution in [0.5, 0.6) is 0 Å². The van der Waals surface area contributed by atoms with Crippen LogP contribution >= 0.6 is 15.9 Å². The minimum Gasteiger partial charge on any atom is -0.457 e. The quantitative estimate of drug-likeness (QED) is 0.374. The number of Topliss-reactive ketones (excluding diaryl/α,β-unsaturated/α-hetero) is 1. The van der Waals surface area contributed by atoms with Gasteiger partial charge in [0.2, 0.25) is 5.91 Å². The zero-order valence-corrected chi connectivity index (χ0v) is 18.2. The zero-order chi connectivity index (χ0) is 21.8. The van der Waals surface area contributed by atoms with Gasteiger partial charge >= 0.3 is 5.97 Å². The largest absolute Gasteiger partial charge is 0.457 e. The van der Waals surface area contributed by atoms with Crippen molar-refractivity contribution in [2.75, 3.05) is 18.1 Å². The first-order valence-electron chi connectivity index (χ1n) is 9.92. The van der Waals surface area contributed by atoms with Crippen molar-refractivity contribution < 1.29 is 19.1 Å². The molecule has 1 aliphatic heterocycles. The molecule has 1 aliphatic rings. The molecule has 0 aliphatic carbocycles. The van der Waals surface area contributed by atoms with E-state index in [2.05, 4.69) is 15.9 Å². The summed E-state index contributed by atoms with van der Waals surface area (Å²) >= 11 is 3.36. The molecule has 0 saturated carbocycles. The number of nitrogens with zero attached hydrogens (tertiary/aromatic N) is 1. The molecule has 31 heavy (non-hydrogen) atoms. The maximum absolute atomic E-state index is 12.4. The van der Waals surface area contributed by atoms with E-state index in [-0.39, 0.29) is 31.3 Å². The van der Waals surface area contributed by atoms with Crippen LogP contribution in [0, 0.1) is 5.92 Å². The smallest absolute Gasteiger partial charge is 0.311 e. The number of esters is 1. The lowest BCUT2D eigenvalue weighted by Gasteiger charge is -2.16. The van der Waals surface area contributed by atoms with E-state index in [1.165, 1.54) is 0 Å². The van der Waals surface area contributed by atoms with Gasteiger partial charge in [0.1, 0.15) is 0 Å². The second-order valence-electron chi connectivity index (χ2n) is 7.36. The molecular weight excluding hydrogens is 458 g/mol. The van der Waals surface area contributed by atoms with Gasteiger partial charge in [-0.15, -0.1) is 0 Å². The fraction of sp³-hybridized carbons (Fsp3) is 0.160. The first-order chi connectivity index (χ1) is 15.0. The minimum atomic E-state index is -0.579. The number of benzene rings is 3. The van der Waals surface area contributed by atoms with Crippen molar-refractivity contribution in [3.8, 4) is 11.1 Å². The summed E-state index contributed by atoms with van der Waals surface area (Å²) in [6.45, 7) is -0.0915. The number of hydrogen-bond acceptors (Lipinski definition) is 4. The topological polar surface area (TPSA) is 63.7 Å². The molecule has 3 aromatic rings. The van der Waals surface area contributed by atoms with Crippen LogP contribution in [0.3, 0.4) is 0 Å². The number of rotatable bonds is 6. The Labute approximate surface area is 188 Å². The highest BCUT2D eigenvalue weighted by molar-refractivity contribution is 9.10. The first kappa shape index (κ1) is 21.0. The van der Waals surface area contributed by atoms with Gasteiger partial charge in [0, 0.05) is 28.7 Å². The number of halogens is 1. The molecule has 5 nitrogen and oxygen atoms in total. The van der Waals surface area contributed by atoms with Gasteiger partial charge in [-0.3, -0.25) is 14.4 Å². The van der Waals surface area contributed by atoms with Gasteiger partial charge in [-0.1, -0.05) is 70.5 Å². The molecule has 0 radical (unpaired) electrons. The number of hydrogen-bond donors (Lipinski definition) is 0. The van der Waals surface area contributed by atoms with Gasteiger partial charge in [-0.05, 0) is 35.4 Å². The summed E-state index contributed by atoms with van der Waals surface area (Å²) in [6, 6.07) is 24.4. The maximum atomic E-state index is 12.4. The molecule has 156 valence electrons. The van der Waals surface area contributed by atoms with E-state index in [0.717, 1.165) is 21.3 Å². The van der Waals surface area contributed by atoms with Gasteiger partial charge < -0.3 is 9.64 Å². The number of ether oxygens (including phenoxy) is 1. The predicted molar refractivity (Wildman–Crippen MR) is 122 cm³/mol. The zero-order valence-electron chi connectivity index (χ0n) is 16.7. The Morgan fingerprint density at radius 2 is 1.55 bits per heavy atom. The van der Waals surface area contributed by atoms with E-state index >= 15 is 0 Å². The van der Waals surface area contributed by atoms with Crippen LogP contribution in [0.25, 0.3) is 11.1 Å². The van der Waals surface area contributed by atoms with Crippen LogP contribution < -0.4 is 4.90 Å². The van der Waals surface area contributed by atoms with Crippen LogP contribution in [-0.2, 0) is 14.3 Å². The molecule has 0 N–H and O–H groups in total. The third-order valence-corrected chi connectivity index (χ3v) is 5.78. The number of amides is 1. The predicted octanol–water partition coefficient (Wildman–Crippen LogP) is 4.90. The molecule has 1 amide bonds. The van der Waals surface area contributed by atoms with Crippen LogP contribution in [0.4, 0.5) is 5.69 Å². The summed E-state index contributed by atoms with van der Waals surface area (Å²) in [7, 11) is 0. The van der Waals surface area contributed by atoms with E-state index in [1.54, 1.807) is 17.0 Å². The standard InChI is InChI=1S/C25H20BrNO4/c26-21-10-12-22(13-11-21)27-15-20(14-24(27)29)25(30)31-16-23(28)19-8-6-18(7-9-19)17-4-2-1-3-5-17/h1-13,20H,14-16H2. The highest BCUT2D eigenvalue weighted by Gasteiger charge is 2.36. The highest BCUT2D eigenvalue weighted by atomic mass is 79.9. The van der Waals surface area contributed by atoms with E-state index in [0.29, 0.717) is 5.56 Å². The minimum absolute atomic E-state index is 0.0782. The molecule has 1 atom stereocenters. The maximum Gasteiger partial charge on any atom is 0.311 e. The molecule has 3 aromatic carbocycles. The average Bonchev–Trinajstić information content (AvgIpc) is 3.20. The molecule has 1 saturated heterocycles.